The molecule has 5 heteroatoms. The highest BCUT2D eigenvalue weighted by molar-refractivity contribution is 7.98. The van der Waals surface area contributed by atoms with Crippen molar-refractivity contribution in [2.75, 3.05) is 6.26 Å². The van der Waals surface area contributed by atoms with E-state index < -0.39 is 0 Å². The summed E-state index contributed by atoms with van der Waals surface area (Å²) in [5, 5.41) is 0. The van der Waals surface area contributed by atoms with E-state index in [4.69, 9.17) is 10.6 Å². The van der Waals surface area contributed by atoms with E-state index >= 15 is 0 Å². The average Bonchev–Trinajstić information content (AvgIpc) is 2.54. The molecule has 0 aromatic heterocycles. The van der Waals surface area contributed by atoms with Crippen LogP contribution in [0.2, 0.25) is 0 Å². The van der Waals surface area contributed by atoms with Crippen LogP contribution in [-0.2, 0) is 17.8 Å². The maximum Gasteiger partial charge on any atom is 0.238 e. The van der Waals surface area contributed by atoms with Crippen LogP contribution in [-0.4, -0.2) is 12.2 Å². The Morgan fingerprint density at radius 2 is 1.81 bits per heavy atom. The van der Waals surface area contributed by atoms with Crippen molar-refractivity contribution in [3.05, 3.63) is 59.7 Å². The maximum absolute atomic E-state index is 11.4. The molecule has 21 heavy (non-hydrogen) atoms. The molecule has 2 rings (SSSR count). The van der Waals surface area contributed by atoms with Gasteiger partial charge in [-0.15, -0.1) is 11.8 Å². The fraction of sp³-hybridized carbons (Fsp3) is 0.188. The second-order valence-corrected chi connectivity index (χ2v) is 5.30. The topological polar surface area (TPSA) is 64.3 Å². The molecule has 0 aliphatic carbocycles. The lowest BCUT2D eigenvalue weighted by molar-refractivity contribution is -0.120. The molecule has 0 fully saturated rings. The lowest BCUT2D eigenvalue weighted by Gasteiger charge is -2.12. The lowest BCUT2D eigenvalue weighted by Crippen LogP contribution is -2.31. The molecule has 0 unspecified atom stereocenters. The number of nitrogens with two attached hydrogens (primary N) is 1. The highest BCUT2D eigenvalue weighted by Gasteiger charge is 2.08. The van der Waals surface area contributed by atoms with E-state index in [1.54, 1.807) is 11.8 Å². The first kappa shape index (κ1) is 15.4. The Bertz CT molecular complexity index is 617. The normalized spacial score (nSPS) is 10.2. The van der Waals surface area contributed by atoms with Gasteiger partial charge in [-0.25, -0.2) is 5.84 Å². The average molecular weight is 302 g/mol. The van der Waals surface area contributed by atoms with Crippen LogP contribution in [0.1, 0.15) is 11.1 Å². The smallest absolute Gasteiger partial charge is 0.238 e. The van der Waals surface area contributed by atoms with E-state index in [1.807, 2.05) is 54.8 Å². The number of nitrogens with one attached hydrogen (secondary N) is 1. The van der Waals surface area contributed by atoms with Gasteiger partial charge in [0.25, 0.3) is 0 Å². The number of amides is 1. The Labute approximate surface area is 128 Å². The Kier molecular flexibility index (Phi) is 5.66. The number of carbonyl (C=O) groups excluding carboxylic acids is 1. The first-order valence-corrected chi connectivity index (χ1v) is 7.79. The summed E-state index contributed by atoms with van der Waals surface area (Å²) in [4.78, 5) is 12.5. The molecule has 1 amide bonds. The van der Waals surface area contributed by atoms with Gasteiger partial charge in [0.05, 0.1) is 6.42 Å². The zero-order chi connectivity index (χ0) is 15.1. The van der Waals surface area contributed by atoms with Crippen LogP contribution in [0, 0.1) is 0 Å². The Hall–Kier alpha value is -1.98. The summed E-state index contributed by atoms with van der Waals surface area (Å²) in [6, 6.07) is 15.6. The number of hydrogen-bond donors (Lipinski definition) is 2. The summed E-state index contributed by atoms with van der Waals surface area (Å²) in [7, 11) is 0. The highest BCUT2D eigenvalue weighted by atomic mass is 32.2. The first-order valence-electron chi connectivity index (χ1n) is 6.56. The van der Waals surface area contributed by atoms with Crippen molar-refractivity contribution in [1.29, 1.82) is 0 Å². The van der Waals surface area contributed by atoms with E-state index in [1.165, 1.54) is 0 Å². The third-order valence-electron chi connectivity index (χ3n) is 3.08. The summed E-state index contributed by atoms with van der Waals surface area (Å²) in [6.45, 7) is 0.422. The molecule has 0 aliphatic rings. The minimum Gasteiger partial charge on any atom is -0.488 e. The van der Waals surface area contributed by atoms with E-state index in [0.29, 0.717) is 6.61 Å². The van der Waals surface area contributed by atoms with Crippen molar-refractivity contribution in [3.8, 4) is 5.75 Å². The van der Waals surface area contributed by atoms with Gasteiger partial charge in [0.2, 0.25) is 5.91 Å². The van der Waals surface area contributed by atoms with Crippen molar-refractivity contribution < 1.29 is 9.53 Å². The van der Waals surface area contributed by atoms with Crippen LogP contribution < -0.4 is 16.0 Å². The van der Waals surface area contributed by atoms with Gasteiger partial charge in [-0.05, 0) is 29.5 Å². The predicted octanol–water partition coefficient (Wildman–Crippen LogP) is 2.52. The minimum atomic E-state index is -0.216. The molecule has 0 saturated heterocycles. The first-order chi connectivity index (χ1) is 10.2. The molecular formula is C16H18N2O2S. The van der Waals surface area contributed by atoms with Crippen LogP contribution in [0.25, 0.3) is 0 Å². The molecule has 0 saturated carbocycles. The number of para-hydroxylation sites is 1. The molecule has 0 heterocycles. The second-order valence-electron chi connectivity index (χ2n) is 4.45. The summed E-state index contributed by atoms with van der Waals surface area (Å²) >= 11 is 1.64. The summed E-state index contributed by atoms with van der Waals surface area (Å²) in [6.07, 6.45) is 2.27. The van der Waals surface area contributed by atoms with Gasteiger partial charge < -0.3 is 4.74 Å². The van der Waals surface area contributed by atoms with Gasteiger partial charge >= 0.3 is 0 Å². The molecule has 0 radical (unpaired) electrons. The number of hydrazine groups is 1. The molecule has 3 N–H and O–H groups in total. The van der Waals surface area contributed by atoms with Crippen LogP contribution in [0.3, 0.4) is 0 Å². The van der Waals surface area contributed by atoms with Crippen molar-refractivity contribution in [2.45, 2.75) is 17.9 Å². The highest BCUT2D eigenvalue weighted by Crippen LogP contribution is 2.27. The van der Waals surface area contributed by atoms with E-state index in [2.05, 4.69) is 5.43 Å². The Balaban J connectivity index is 2.11. The fourth-order valence-electron chi connectivity index (χ4n) is 1.99. The number of rotatable bonds is 6. The van der Waals surface area contributed by atoms with Crippen molar-refractivity contribution in [2.24, 2.45) is 5.84 Å². The molecule has 2 aromatic rings. The number of hydrogen-bond acceptors (Lipinski definition) is 4. The number of benzene rings is 2. The fourth-order valence-corrected chi connectivity index (χ4v) is 2.53. The van der Waals surface area contributed by atoms with Crippen LogP contribution in [0.4, 0.5) is 0 Å². The standard InChI is InChI=1S/C16H18N2O2S/c1-21-15-9-5-4-8-14(15)20-11-13-7-3-2-6-12(13)10-16(19)18-17/h2-9H,10-11,17H2,1H3,(H,18,19). The number of ether oxygens (including phenoxy) is 1. The molecule has 110 valence electrons. The lowest BCUT2D eigenvalue weighted by atomic mass is 10.1. The number of carbonyl (C=O) groups is 1. The molecule has 0 spiro atoms. The molecule has 4 nitrogen and oxygen atoms in total. The summed E-state index contributed by atoms with van der Waals surface area (Å²) in [5.74, 6) is 5.77. The van der Waals surface area contributed by atoms with Gasteiger partial charge in [-0.1, -0.05) is 36.4 Å². The van der Waals surface area contributed by atoms with Crippen LogP contribution >= 0.6 is 11.8 Å². The number of thioether (sulfide) groups is 1. The summed E-state index contributed by atoms with van der Waals surface area (Å²) in [5.41, 5.74) is 4.05. The zero-order valence-electron chi connectivity index (χ0n) is 11.8. The zero-order valence-corrected chi connectivity index (χ0v) is 12.7. The molecule has 0 bridgehead atoms. The van der Waals surface area contributed by atoms with Gasteiger partial charge in [-0.2, -0.15) is 0 Å². The van der Waals surface area contributed by atoms with Crippen molar-refractivity contribution in [3.63, 3.8) is 0 Å². The summed E-state index contributed by atoms with van der Waals surface area (Å²) < 4.78 is 5.89. The SMILES string of the molecule is CSc1ccccc1OCc1ccccc1CC(=O)NN. The van der Waals surface area contributed by atoms with Crippen molar-refractivity contribution >= 4 is 17.7 Å². The van der Waals surface area contributed by atoms with Crippen LogP contribution in [0.5, 0.6) is 5.75 Å². The largest absolute Gasteiger partial charge is 0.488 e. The van der Waals surface area contributed by atoms with Gasteiger partial charge in [0.1, 0.15) is 12.4 Å². The van der Waals surface area contributed by atoms with E-state index in [0.717, 1.165) is 21.8 Å². The van der Waals surface area contributed by atoms with Gasteiger partial charge in [0, 0.05) is 4.90 Å². The monoisotopic (exact) mass is 302 g/mol. The Morgan fingerprint density at radius 1 is 1.14 bits per heavy atom. The molecular weight excluding hydrogens is 284 g/mol. The Morgan fingerprint density at radius 3 is 2.52 bits per heavy atom. The quantitative estimate of drug-likeness (QED) is 0.372. The van der Waals surface area contributed by atoms with E-state index in [-0.39, 0.29) is 12.3 Å². The minimum absolute atomic E-state index is 0.216. The predicted molar refractivity (Wildman–Crippen MR) is 85.0 cm³/mol. The molecule has 0 aliphatic heterocycles. The maximum atomic E-state index is 11.4. The van der Waals surface area contributed by atoms with E-state index in [9.17, 15) is 4.79 Å². The third-order valence-corrected chi connectivity index (χ3v) is 3.86. The third kappa shape index (κ3) is 4.24. The van der Waals surface area contributed by atoms with Gasteiger partial charge in [0.15, 0.2) is 0 Å². The van der Waals surface area contributed by atoms with Crippen LogP contribution in [0.15, 0.2) is 53.4 Å². The van der Waals surface area contributed by atoms with Crippen molar-refractivity contribution in [1.82, 2.24) is 5.43 Å². The molecule has 0 atom stereocenters. The molecule has 2 aromatic carbocycles. The second kappa shape index (κ2) is 7.71. The van der Waals surface area contributed by atoms with Gasteiger partial charge in [-0.3, -0.25) is 10.2 Å².